The topological polar surface area (TPSA) is 34.1 Å². The minimum absolute atomic E-state index is 0.237. The number of hydrogen-bond acceptors (Lipinski definition) is 2. The van der Waals surface area contributed by atoms with E-state index in [4.69, 9.17) is 0 Å². The molecule has 142 valence electrons. The second kappa shape index (κ2) is 7.40. The van der Waals surface area contributed by atoms with Crippen molar-refractivity contribution in [1.82, 2.24) is 0 Å². The highest BCUT2D eigenvalue weighted by atomic mass is 19.1. The molecule has 0 saturated carbocycles. The van der Waals surface area contributed by atoms with Gasteiger partial charge in [0.15, 0.2) is 11.6 Å². The third kappa shape index (κ3) is 3.45. The van der Waals surface area contributed by atoms with E-state index < -0.39 is 11.6 Å². The zero-order chi connectivity index (χ0) is 20.5. The average molecular weight is 386 g/mol. The van der Waals surface area contributed by atoms with Crippen molar-refractivity contribution in [1.29, 1.82) is 0 Å². The Labute approximate surface area is 166 Å². The van der Waals surface area contributed by atoms with Gasteiger partial charge in [-0.05, 0) is 71.8 Å². The van der Waals surface area contributed by atoms with E-state index in [1.165, 1.54) is 48.5 Å². The Bertz CT molecular complexity index is 1240. The molecule has 29 heavy (non-hydrogen) atoms. The van der Waals surface area contributed by atoms with Crippen molar-refractivity contribution in [3.05, 3.63) is 118 Å². The van der Waals surface area contributed by atoms with E-state index in [2.05, 4.69) is 0 Å². The summed E-state index contributed by atoms with van der Waals surface area (Å²) in [5.74, 6) is -1.32. The van der Waals surface area contributed by atoms with E-state index in [0.717, 1.165) is 5.56 Å². The first-order valence-electron chi connectivity index (χ1n) is 9.08. The van der Waals surface area contributed by atoms with E-state index in [0.29, 0.717) is 33.0 Å². The van der Waals surface area contributed by atoms with Gasteiger partial charge < -0.3 is 0 Å². The van der Waals surface area contributed by atoms with Gasteiger partial charge in [-0.1, -0.05) is 30.3 Å². The third-order valence-electron chi connectivity index (χ3n) is 4.95. The molecule has 4 rings (SSSR count). The molecule has 0 atom stereocenters. The normalized spacial score (nSPS) is 10.9. The summed E-state index contributed by atoms with van der Waals surface area (Å²) in [6.45, 7) is 1.82. The van der Waals surface area contributed by atoms with Crippen molar-refractivity contribution in [2.75, 3.05) is 0 Å². The standard InChI is InChI=1S/C25H16F2O2/c1-15-5-14-20-21(23(15)25(29)17-8-12-19(27)13-9-17)3-2-4-22(20)24(28)16-6-10-18(26)11-7-16/h2-14H,1H3. The van der Waals surface area contributed by atoms with E-state index in [9.17, 15) is 18.4 Å². The quantitative estimate of drug-likeness (QED) is 0.410. The van der Waals surface area contributed by atoms with Crippen LogP contribution in [-0.4, -0.2) is 11.6 Å². The summed E-state index contributed by atoms with van der Waals surface area (Å²) in [7, 11) is 0. The van der Waals surface area contributed by atoms with Crippen molar-refractivity contribution < 1.29 is 18.4 Å². The molecular weight excluding hydrogens is 370 g/mol. The van der Waals surface area contributed by atoms with Gasteiger partial charge in [0.2, 0.25) is 0 Å². The van der Waals surface area contributed by atoms with Crippen LogP contribution in [0.5, 0.6) is 0 Å². The highest BCUT2D eigenvalue weighted by Crippen LogP contribution is 2.29. The van der Waals surface area contributed by atoms with Gasteiger partial charge in [0, 0.05) is 22.3 Å². The molecule has 0 N–H and O–H groups in total. The van der Waals surface area contributed by atoms with Crippen LogP contribution in [0.15, 0.2) is 78.9 Å². The molecule has 0 fully saturated rings. The Hall–Kier alpha value is -3.66. The number of rotatable bonds is 4. The molecule has 0 unspecified atom stereocenters. The molecule has 0 radical (unpaired) electrons. The Morgan fingerprint density at radius 2 is 1.17 bits per heavy atom. The summed E-state index contributed by atoms with van der Waals surface area (Å²) in [4.78, 5) is 26.1. The lowest BCUT2D eigenvalue weighted by Gasteiger charge is -2.12. The number of hydrogen-bond donors (Lipinski definition) is 0. The average Bonchev–Trinajstić information content (AvgIpc) is 2.73. The van der Waals surface area contributed by atoms with Crippen LogP contribution in [0, 0.1) is 18.6 Å². The lowest BCUT2D eigenvalue weighted by molar-refractivity contribution is 0.103. The van der Waals surface area contributed by atoms with Crippen LogP contribution in [0.1, 0.15) is 37.4 Å². The maximum absolute atomic E-state index is 13.2. The van der Waals surface area contributed by atoms with Gasteiger partial charge in [0.1, 0.15) is 11.6 Å². The first kappa shape index (κ1) is 18.7. The van der Waals surface area contributed by atoms with Crippen LogP contribution in [0.25, 0.3) is 10.8 Å². The molecule has 4 aromatic carbocycles. The second-order valence-electron chi connectivity index (χ2n) is 6.83. The molecule has 0 spiro atoms. The van der Waals surface area contributed by atoms with Crippen molar-refractivity contribution in [2.45, 2.75) is 6.92 Å². The van der Waals surface area contributed by atoms with Crippen molar-refractivity contribution in [3.63, 3.8) is 0 Å². The monoisotopic (exact) mass is 386 g/mol. The summed E-state index contributed by atoms with van der Waals surface area (Å²) in [5, 5.41) is 1.28. The number of carbonyl (C=O) groups excluding carboxylic acids is 2. The first-order chi connectivity index (χ1) is 14.0. The fourth-order valence-electron chi connectivity index (χ4n) is 3.47. The maximum atomic E-state index is 13.2. The van der Waals surface area contributed by atoms with Crippen LogP contribution in [-0.2, 0) is 0 Å². The van der Waals surface area contributed by atoms with Gasteiger partial charge in [0.05, 0.1) is 0 Å². The predicted molar refractivity (Wildman–Crippen MR) is 108 cm³/mol. The molecule has 4 heteroatoms. The van der Waals surface area contributed by atoms with Crippen LogP contribution in [0.2, 0.25) is 0 Å². The Kier molecular flexibility index (Phi) is 4.77. The van der Waals surface area contributed by atoms with Gasteiger partial charge >= 0.3 is 0 Å². The van der Waals surface area contributed by atoms with Gasteiger partial charge in [0.25, 0.3) is 0 Å². The SMILES string of the molecule is Cc1ccc2c(C(=O)c3ccc(F)cc3)cccc2c1C(=O)c1ccc(F)cc1. The van der Waals surface area contributed by atoms with Crippen LogP contribution < -0.4 is 0 Å². The summed E-state index contributed by atoms with van der Waals surface area (Å²) in [6, 6.07) is 19.6. The Morgan fingerprint density at radius 1 is 0.621 bits per heavy atom. The fourth-order valence-corrected chi connectivity index (χ4v) is 3.47. The fraction of sp³-hybridized carbons (Fsp3) is 0.0400. The van der Waals surface area contributed by atoms with Gasteiger partial charge in [-0.3, -0.25) is 9.59 Å². The molecular formula is C25H16F2O2. The smallest absolute Gasteiger partial charge is 0.193 e. The largest absolute Gasteiger partial charge is 0.289 e. The molecule has 0 heterocycles. The number of carbonyl (C=O) groups is 2. The van der Waals surface area contributed by atoms with Crippen LogP contribution >= 0.6 is 0 Å². The molecule has 0 aliphatic carbocycles. The van der Waals surface area contributed by atoms with E-state index >= 15 is 0 Å². The van der Waals surface area contributed by atoms with Gasteiger partial charge in [-0.2, -0.15) is 0 Å². The van der Waals surface area contributed by atoms with Crippen molar-refractivity contribution >= 4 is 22.3 Å². The lowest BCUT2D eigenvalue weighted by Crippen LogP contribution is -2.07. The predicted octanol–water partition coefficient (Wildman–Crippen LogP) is 5.89. The summed E-state index contributed by atoms with van der Waals surface area (Å²) < 4.78 is 26.4. The zero-order valence-corrected chi connectivity index (χ0v) is 15.6. The van der Waals surface area contributed by atoms with Crippen molar-refractivity contribution in [3.8, 4) is 0 Å². The van der Waals surface area contributed by atoms with E-state index in [1.54, 1.807) is 24.3 Å². The number of fused-ring (bicyclic) bond motifs is 1. The van der Waals surface area contributed by atoms with Crippen LogP contribution in [0.3, 0.4) is 0 Å². The van der Waals surface area contributed by atoms with Crippen LogP contribution in [0.4, 0.5) is 8.78 Å². The minimum Gasteiger partial charge on any atom is -0.289 e. The molecule has 0 saturated heterocycles. The van der Waals surface area contributed by atoms with Crippen molar-refractivity contribution in [2.24, 2.45) is 0 Å². The molecule has 0 aromatic heterocycles. The minimum atomic E-state index is -0.415. The summed E-state index contributed by atoms with van der Waals surface area (Å²) in [5.41, 5.74) is 2.41. The lowest BCUT2D eigenvalue weighted by atomic mass is 9.89. The number of ketones is 2. The molecule has 0 aliphatic heterocycles. The van der Waals surface area contributed by atoms with E-state index in [1.807, 2.05) is 13.0 Å². The molecule has 0 amide bonds. The van der Waals surface area contributed by atoms with Gasteiger partial charge in [-0.25, -0.2) is 8.78 Å². The highest BCUT2D eigenvalue weighted by molar-refractivity contribution is 6.22. The third-order valence-corrected chi connectivity index (χ3v) is 4.95. The maximum Gasteiger partial charge on any atom is 0.193 e. The summed E-state index contributed by atoms with van der Waals surface area (Å²) >= 11 is 0. The summed E-state index contributed by atoms with van der Waals surface area (Å²) in [6.07, 6.45) is 0. The number of benzene rings is 4. The second-order valence-corrected chi connectivity index (χ2v) is 6.83. The highest BCUT2D eigenvalue weighted by Gasteiger charge is 2.19. The molecule has 0 bridgehead atoms. The van der Waals surface area contributed by atoms with Gasteiger partial charge in [-0.15, -0.1) is 0 Å². The molecule has 2 nitrogen and oxygen atoms in total. The Balaban J connectivity index is 1.87. The first-order valence-corrected chi connectivity index (χ1v) is 9.08. The number of halogens is 2. The molecule has 4 aromatic rings. The molecule has 0 aliphatic rings. The number of aryl methyl sites for hydroxylation is 1. The Morgan fingerprint density at radius 3 is 1.76 bits per heavy atom. The van der Waals surface area contributed by atoms with E-state index in [-0.39, 0.29) is 11.6 Å². The zero-order valence-electron chi connectivity index (χ0n) is 15.6.